The zero-order valence-corrected chi connectivity index (χ0v) is 9.42. The first kappa shape index (κ1) is 11.7. The largest absolute Gasteiger partial charge is 0.348 e. The fraction of sp³-hybridized carbons (Fsp3) is 0.833. The van der Waals surface area contributed by atoms with E-state index in [1.54, 1.807) is 0 Å². The minimum atomic E-state index is -0.310. The lowest BCUT2D eigenvalue weighted by Gasteiger charge is -2.20. The van der Waals surface area contributed by atoms with Gasteiger partial charge in [-0.3, -0.25) is 0 Å². The molecule has 1 aliphatic rings. The molecule has 2 heteroatoms. The predicted molar refractivity (Wildman–Crippen MR) is 58.2 cm³/mol. The zero-order chi connectivity index (χ0) is 10.3. The number of hydrogen-bond acceptors (Lipinski definition) is 2. The Morgan fingerprint density at radius 1 is 1.14 bits per heavy atom. The Balaban J connectivity index is 2.05. The molecule has 0 N–H and O–H groups in total. The molecular weight excluding hydrogens is 176 g/mol. The second-order valence-corrected chi connectivity index (χ2v) is 3.98. The molecule has 1 aliphatic heterocycles. The number of ether oxygens (including phenoxy) is 2. The van der Waals surface area contributed by atoms with Crippen LogP contribution < -0.4 is 0 Å². The third kappa shape index (κ3) is 4.25. The van der Waals surface area contributed by atoms with E-state index in [4.69, 9.17) is 9.47 Å². The summed E-state index contributed by atoms with van der Waals surface area (Å²) in [4.78, 5) is 0. The van der Waals surface area contributed by atoms with Gasteiger partial charge in [0.15, 0.2) is 5.79 Å². The van der Waals surface area contributed by atoms with Crippen LogP contribution in [-0.2, 0) is 9.47 Å². The van der Waals surface area contributed by atoms with Crippen molar-refractivity contribution in [2.75, 3.05) is 13.2 Å². The molecule has 0 bridgehead atoms. The fourth-order valence-corrected chi connectivity index (χ4v) is 1.60. The maximum Gasteiger partial charge on any atom is 0.166 e. The van der Waals surface area contributed by atoms with Crippen molar-refractivity contribution >= 4 is 0 Å². The van der Waals surface area contributed by atoms with Crippen LogP contribution in [0.4, 0.5) is 0 Å². The number of unbranched alkanes of at least 4 members (excludes halogenated alkanes) is 2. The van der Waals surface area contributed by atoms with Crippen LogP contribution in [0.3, 0.4) is 0 Å². The highest BCUT2D eigenvalue weighted by Crippen LogP contribution is 2.24. The van der Waals surface area contributed by atoms with Gasteiger partial charge in [-0.2, -0.15) is 0 Å². The van der Waals surface area contributed by atoms with Gasteiger partial charge in [0.2, 0.25) is 0 Å². The van der Waals surface area contributed by atoms with Crippen LogP contribution in [0.1, 0.15) is 46.0 Å². The second kappa shape index (κ2) is 6.20. The van der Waals surface area contributed by atoms with Crippen molar-refractivity contribution < 1.29 is 9.47 Å². The lowest BCUT2D eigenvalue weighted by Crippen LogP contribution is -2.24. The molecule has 82 valence electrons. The topological polar surface area (TPSA) is 18.5 Å². The lowest BCUT2D eigenvalue weighted by atomic mass is 10.1. The monoisotopic (exact) mass is 198 g/mol. The smallest absolute Gasteiger partial charge is 0.166 e. The normalized spacial score (nSPS) is 20.7. The van der Waals surface area contributed by atoms with Crippen molar-refractivity contribution in [3.8, 4) is 0 Å². The average molecular weight is 198 g/mol. The van der Waals surface area contributed by atoms with Crippen LogP contribution in [-0.4, -0.2) is 19.0 Å². The molecule has 0 radical (unpaired) electrons. The molecule has 2 nitrogen and oxygen atoms in total. The Hall–Kier alpha value is -0.340. The van der Waals surface area contributed by atoms with Gasteiger partial charge in [0, 0.05) is 6.42 Å². The summed E-state index contributed by atoms with van der Waals surface area (Å²) in [6.45, 7) is 5.74. The van der Waals surface area contributed by atoms with Gasteiger partial charge < -0.3 is 9.47 Å². The Kier molecular flexibility index (Phi) is 5.20. The summed E-state index contributed by atoms with van der Waals surface area (Å²) in [7, 11) is 0. The summed E-state index contributed by atoms with van der Waals surface area (Å²) in [5.41, 5.74) is 0. The van der Waals surface area contributed by atoms with Gasteiger partial charge in [0.1, 0.15) is 0 Å². The minimum Gasteiger partial charge on any atom is -0.348 e. The van der Waals surface area contributed by atoms with Crippen LogP contribution in [0.25, 0.3) is 0 Å². The Morgan fingerprint density at radius 2 is 1.79 bits per heavy atom. The van der Waals surface area contributed by atoms with Crippen LogP contribution in [0.15, 0.2) is 12.2 Å². The van der Waals surface area contributed by atoms with E-state index in [2.05, 4.69) is 19.1 Å². The van der Waals surface area contributed by atoms with Gasteiger partial charge in [-0.1, -0.05) is 31.9 Å². The summed E-state index contributed by atoms with van der Waals surface area (Å²) in [5.74, 6) is -0.310. The zero-order valence-electron chi connectivity index (χ0n) is 9.42. The first-order valence-electron chi connectivity index (χ1n) is 5.70. The average Bonchev–Trinajstić information content (AvgIpc) is 2.59. The molecule has 0 aromatic heterocycles. The van der Waals surface area contributed by atoms with Crippen molar-refractivity contribution in [1.29, 1.82) is 0 Å². The number of rotatable bonds is 6. The Labute approximate surface area is 87.3 Å². The highest BCUT2D eigenvalue weighted by atomic mass is 16.7. The summed E-state index contributed by atoms with van der Waals surface area (Å²) < 4.78 is 11.0. The summed E-state index contributed by atoms with van der Waals surface area (Å²) in [6, 6.07) is 0. The van der Waals surface area contributed by atoms with Crippen molar-refractivity contribution in [1.82, 2.24) is 0 Å². The highest BCUT2D eigenvalue weighted by molar-refractivity contribution is 4.83. The van der Waals surface area contributed by atoms with Gasteiger partial charge in [-0.05, 0) is 19.8 Å². The minimum absolute atomic E-state index is 0.310. The van der Waals surface area contributed by atoms with E-state index in [1.807, 2.05) is 6.92 Å². The van der Waals surface area contributed by atoms with Crippen molar-refractivity contribution in [2.24, 2.45) is 0 Å². The molecule has 0 unspecified atom stereocenters. The Morgan fingerprint density at radius 3 is 2.43 bits per heavy atom. The Bertz CT molecular complexity index is 169. The molecule has 0 aromatic carbocycles. The molecule has 1 saturated heterocycles. The number of hydrogen-bond donors (Lipinski definition) is 0. The molecule has 0 aromatic rings. The molecule has 0 aliphatic carbocycles. The van der Waals surface area contributed by atoms with E-state index < -0.39 is 0 Å². The molecule has 0 atom stereocenters. The first-order chi connectivity index (χ1) is 6.77. The van der Waals surface area contributed by atoms with E-state index in [0.29, 0.717) is 0 Å². The van der Waals surface area contributed by atoms with Crippen LogP contribution in [0.5, 0.6) is 0 Å². The van der Waals surface area contributed by atoms with Crippen molar-refractivity contribution in [2.45, 2.75) is 51.7 Å². The number of allylic oxidation sites excluding steroid dienone is 2. The van der Waals surface area contributed by atoms with Gasteiger partial charge in [0.05, 0.1) is 13.2 Å². The van der Waals surface area contributed by atoms with Crippen molar-refractivity contribution in [3.63, 3.8) is 0 Å². The highest BCUT2D eigenvalue weighted by Gasteiger charge is 2.29. The van der Waals surface area contributed by atoms with Crippen LogP contribution in [0, 0.1) is 0 Å². The maximum atomic E-state index is 5.51. The molecule has 14 heavy (non-hydrogen) atoms. The predicted octanol–water partition coefficient (Wildman–Crippen LogP) is 3.28. The molecule has 1 fully saturated rings. The van der Waals surface area contributed by atoms with E-state index >= 15 is 0 Å². The van der Waals surface area contributed by atoms with E-state index in [1.165, 1.54) is 19.3 Å². The molecule has 0 amide bonds. The lowest BCUT2D eigenvalue weighted by molar-refractivity contribution is -0.145. The summed E-state index contributed by atoms with van der Waals surface area (Å²) in [5, 5.41) is 0. The summed E-state index contributed by atoms with van der Waals surface area (Å²) >= 11 is 0. The van der Waals surface area contributed by atoms with Crippen LogP contribution in [0.2, 0.25) is 0 Å². The van der Waals surface area contributed by atoms with Crippen LogP contribution >= 0.6 is 0 Å². The standard InChI is InChI=1S/C12H22O2/c1-3-4-5-6-7-8-9-12(2)13-10-11-14-12/h6-7H,3-5,8-11H2,1-2H3/b7-6+. The summed E-state index contributed by atoms with van der Waals surface area (Å²) in [6.07, 6.45) is 10.3. The van der Waals surface area contributed by atoms with E-state index in [0.717, 1.165) is 26.1 Å². The van der Waals surface area contributed by atoms with Gasteiger partial charge in [-0.15, -0.1) is 0 Å². The van der Waals surface area contributed by atoms with Gasteiger partial charge in [-0.25, -0.2) is 0 Å². The molecule has 1 heterocycles. The molecule has 1 rings (SSSR count). The van der Waals surface area contributed by atoms with Gasteiger partial charge in [0.25, 0.3) is 0 Å². The van der Waals surface area contributed by atoms with Crippen molar-refractivity contribution in [3.05, 3.63) is 12.2 Å². The first-order valence-corrected chi connectivity index (χ1v) is 5.70. The molecule has 0 saturated carbocycles. The van der Waals surface area contributed by atoms with E-state index in [9.17, 15) is 0 Å². The maximum absolute atomic E-state index is 5.51. The third-order valence-corrected chi connectivity index (χ3v) is 2.55. The molecular formula is C12H22O2. The van der Waals surface area contributed by atoms with E-state index in [-0.39, 0.29) is 5.79 Å². The van der Waals surface area contributed by atoms with Gasteiger partial charge >= 0.3 is 0 Å². The quantitative estimate of drug-likeness (QED) is 0.481. The third-order valence-electron chi connectivity index (χ3n) is 2.55. The molecule has 0 spiro atoms. The second-order valence-electron chi connectivity index (χ2n) is 3.98. The fourth-order valence-electron chi connectivity index (χ4n) is 1.60. The SMILES string of the molecule is CCCC/C=C/CCC1(C)OCCO1.